The van der Waals surface area contributed by atoms with Crippen LogP contribution in [-0.4, -0.2) is 11.0 Å². The van der Waals surface area contributed by atoms with Crippen molar-refractivity contribution in [1.82, 2.24) is 0 Å². The van der Waals surface area contributed by atoms with Crippen molar-refractivity contribution in [3.8, 4) is 5.75 Å². The first-order chi connectivity index (χ1) is 8.95. The van der Waals surface area contributed by atoms with Crippen LogP contribution in [0.1, 0.15) is 21.5 Å². The van der Waals surface area contributed by atoms with Crippen LogP contribution in [0.4, 0.5) is 10.1 Å². The molecule has 98 valence electrons. The van der Waals surface area contributed by atoms with Crippen molar-refractivity contribution in [2.45, 2.75) is 13.8 Å². The molecule has 0 aliphatic carbocycles. The standard InChI is InChI=1S/C15H14FNO2/c1-9-5-11(16)8-12(6-9)17-15(19)14-4-3-13(18)7-10(14)2/h3-8,18H,1-2H3,(H,17,19). The van der Waals surface area contributed by atoms with Gasteiger partial charge in [0.05, 0.1) is 0 Å². The lowest BCUT2D eigenvalue weighted by Gasteiger charge is -2.09. The van der Waals surface area contributed by atoms with Crippen molar-refractivity contribution < 1.29 is 14.3 Å². The highest BCUT2D eigenvalue weighted by molar-refractivity contribution is 6.05. The molecule has 0 saturated heterocycles. The Labute approximate surface area is 110 Å². The van der Waals surface area contributed by atoms with Crippen LogP contribution >= 0.6 is 0 Å². The molecule has 3 nitrogen and oxygen atoms in total. The number of hydrogen-bond acceptors (Lipinski definition) is 2. The van der Waals surface area contributed by atoms with Gasteiger partial charge in [0, 0.05) is 11.3 Å². The number of aryl methyl sites for hydroxylation is 2. The molecule has 0 heterocycles. The Morgan fingerprint density at radius 1 is 1.16 bits per heavy atom. The van der Waals surface area contributed by atoms with Crippen LogP contribution in [0.15, 0.2) is 36.4 Å². The van der Waals surface area contributed by atoms with Gasteiger partial charge in [-0.05, 0) is 61.4 Å². The molecule has 0 aliphatic rings. The summed E-state index contributed by atoms with van der Waals surface area (Å²) in [6, 6.07) is 8.83. The molecule has 1 amide bonds. The molecule has 0 aliphatic heterocycles. The second kappa shape index (κ2) is 5.10. The highest BCUT2D eigenvalue weighted by Gasteiger charge is 2.10. The number of carbonyl (C=O) groups is 1. The van der Waals surface area contributed by atoms with E-state index in [0.29, 0.717) is 16.8 Å². The highest BCUT2D eigenvalue weighted by Crippen LogP contribution is 2.18. The quantitative estimate of drug-likeness (QED) is 0.868. The molecule has 0 unspecified atom stereocenters. The van der Waals surface area contributed by atoms with Crippen molar-refractivity contribution in [3.63, 3.8) is 0 Å². The number of amides is 1. The van der Waals surface area contributed by atoms with Gasteiger partial charge in [0.15, 0.2) is 0 Å². The summed E-state index contributed by atoms with van der Waals surface area (Å²) in [5.41, 5.74) is 2.25. The Hall–Kier alpha value is -2.36. The molecule has 2 rings (SSSR count). The summed E-state index contributed by atoms with van der Waals surface area (Å²) >= 11 is 0. The Bertz CT molecular complexity index is 618. The van der Waals surface area contributed by atoms with E-state index in [1.807, 2.05) is 0 Å². The minimum atomic E-state index is -0.391. The van der Waals surface area contributed by atoms with Crippen LogP contribution in [0, 0.1) is 19.7 Å². The fourth-order valence-corrected chi connectivity index (χ4v) is 1.91. The van der Waals surface area contributed by atoms with Gasteiger partial charge in [-0.2, -0.15) is 0 Å². The van der Waals surface area contributed by atoms with Gasteiger partial charge in [0.1, 0.15) is 11.6 Å². The number of phenols is 1. The maximum absolute atomic E-state index is 13.2. The zero-order chi connectivity index (χ0) is 14.0. The van der Waals surface area contributed by atoms with Crippen molar-refractivity contribution in [1.29, 1.82) is 0 Å². The number of carbonyl (C=O) groups excluding carboxylic acids is 1. The van der Waals surface area contributed by atoms with Gasteiger partial charge in [-0.3, -0.25) is 4.79 Å². The molecule has 2 N–H and O–H groups in total. The Morgan fingerprint density at radius 3 is 2.53 bits per heavy atom. The van der Waals surface area contributed by atoms with E-state index in [2.05, 4.69) is 5.32 Å². The molecule has 19 heavy (non-hydrogen) atoms. The maximum Gasteiger partial charge on any atom is 0.255 e. The summed E-state index contributed by atoms with van der Waals surface area (Å²) in [7, 11) is 0. The van der Waals surface area contributed by atoms with Crippen LogP contribution in [-0.2, 0) is 0 Å². The minimum Gasteiger partial charge on any atom is -0.508 e. The minimum absolute atomic E-state index is 0.107. The molecule has 0 bridgehead atoms. The number of phenolic OH excluding ortho intramolecular Hbond substituents is 1. The summed E-state index contributed by atoms with van der Waals surface area (Å²) in [5.74, 6) is -0.615. The smallest absolute Gasteiger partial charge is 0.255 e. The molecule has 0 spiro atoms. The predicted octanol–water partition coefficient (Wildman–Crippen LogP) is 3.40. The van der Waals surface area contributed by atoms with Crippen LogP contribution in [0.3, 0.4) is 0 Å². The number of halogens is 1. The molecular formula is C15H14FNO2. The van der Waals surface area contributed by atoms with Gasteiger partial charge in [-0.1, -0.05) is 0 Å². The highest BCUT2D eigenvalue weighted by atomic mass is 19.1. The molecule has 2 aromatic carbocycles. The number of benzene rings is 2. The van der Waals surface area contributed by atoms with E-state index >= 15 is 0 Å². The fourth-order valence-electron chi connectivity index (χ4n) is 1.91. The monoisotopic (exact) mass is 259 g/mol. The van der Waals surface area contributed by atoms with Crippen LogP contribution < -0.4 is 5.32 Å². The molecule has 0 fully saturated rings. The summed E-state index contributed by atoms with van der Waals surface area (Å²) in [6.45, 7) is 3.48. The first-order valence-corrected chi connectivity index (χ1v) is 5.84. The average Bonchev–Trinajstić information content (AvgIpc) is 2.26. The Kier molecular flexibility index (Phi) is 3.51. The average molecular weight is 259 g/mol. The summed E-state index contributed by atoms with van der Waals surface area (Å²) in [4.78, 5) is 12.1. The summed E-state index contributed by atoms with van der Waals surface area (Å²) < 4.78 is 13.2. The van der Waals surface area contributed by atoms with Gasteiger partial charge in [0.2, 0.25) is 0 Å². The third-order valence-corrected chi connectivity index (χ3v) is 2.75. The van der Waals surface area contributed by atoms with Crippen LogP contribution in [0.2, 0.25) is 0 Å². The molecule has 0 atom stereocenters. The molecule has 4 heteroatoms. The van der Waals surface area contributed by atoms with Crippen molar-refractivity contribution in [2.24, 2.45) is 0 Å². The number of nitrogens with one attached hydrogen (secondary N) is 1. The lowest BCUT2D eigenvalue weighted by molar-refractivity contribution is 0.102. The topological polar surface area (TPSA) is 49.3 Å². The zero-order valence-electron chi connectivity index (χ0n) is 10.7. The SMILES string of the molecule is Cc1cc(F)cc(NC(=O)c2ccc(O)cc2C)c1. The van der Waals surface area contributed by atoms with E-state index in [0.717, 1.165) is 5.56 Å². The van der Waals surface area contributed by atoms with Crippen LogP contribution in [0.5, 0.6) is 5.75 Å². The van der Waals surface area contributed by atoms with E-state index in [1.165, 1.54) is 30.3 Å². The van der Waals surface area contributed by atoms with Crippen molar-refractivity contribution in [2.75, 3.05) is 5.32 Å². The van der Waals surface area contributed by atoms with E-state index in [9.17, 15) is 14.3 Å². The molecule has 0 aromatic heterocycles. The third kappa shape index (κ3) is 3.10. The lowest BCUT2D eigenvalue weighted by atomic mass is 10.1. The van der Waals surface area contributed by atoms with Gasteiger partial charge in [0.25, 0.3) is 5.91 Å². The number of anilines is 1. The molecular weight excluding hydrogens is 245 g/mol. The van der Waals surface area contributed by atoms with Crippen molar-refractivity contribution >= 4 is 11.6 Å². The van der Waals surface area contributed by atoms with E-state index < -0.39 is 5.82 Å². The Balaban J connectivity index is 2.25. The lowest BCUT2D eigenvalue weighted by Crippen LogP contribution is -2.13. The zero-order valence-corrected chi connectivity index (χ0v) is 10.7. The fraction of sp³-hybridized carbons (Fsp3) is 0.133. The van der Waals surface area contributed by atoms with Gasteiger partial charge >= 0.3 is 0 Å². The normalized spacial score (nSPS) is 10.3. The predicted molar refractivity (Wildman–Crippen MR) is 71.9 cm³/mol. The summed E-state index contributed by atoms with van der Waals surface area (Å²) in [6.07, 6.45) is 0. The van der Waals surface area contributed by atoms with Crippen molar-refractivity contribution in [3.05, 3.63) is 58.9 Å². The van der Waals surface area contributed by atoms with E-state index in [-0.39, 0.29) is 11.7 Å². The van der Waals surface area contributed by atoms with Crippen LogP contribution in [0.25, 0.3) is 0 Å². The molecule has 2 aromatic rings. The first-order valence-electron chi connectivity index (χ1n) is 5.84. The van der Waals surface area contributed by atoms with Gasteiger partial charge < -0.3 is 10.4 Å². The van der Waals surface area contributed by atoms with E-state index in [1.54, 1.807) is 19.9 Å². The number of aromatic hydroxyl groups is 1. The summed E-state index contributed by atoms with van der Waals surface area (Å²) in [5, 5.41) is 11.9. The molecule has 0 saturated carbocycles. The van der Waals surface area contributed by atoms with E-state index in [4.69, 9.17) is 0 Å². The number of hydrogen-bond donors (Lipinski definition) is 2. The maximum atomic E-state index is 13.2. The third-order valence-electron chi connectivity index (χ3n) is 2.75. The largest absolute Gasteiger partial charge is 0.508 e. The van der Waals surface area contributed by atoms with Gasteiger partial charge in [-0.25, -0.2) is 4.39 Å². The molecule has 0 radical (unpaired) electrons. The Morgan fingerprint density at radius 2 is 1.89 bits per heavy atom. The second-order valence-electron chi connectivity index (χ2n) is 4.47. The number of rotatable bonds is 2. The van der Waals surface area contributed by atoms with Gasteiger partial charge in [-0.15, -0.1) is 0 Å². The first kappa shape index (κ1) is 13.1. The second-order valence-corrected chi connectivity index (χ2v) is 4.47.